The highest BCUT2D eigenvalue weighted by Crippen LogP contribution is 2.20. The number of rotatable bonds is 4. The Labute approximate surface area is 130 Å². The molecule has 1 saturated heterocycles. The van der Waals surface area contributed by atoms with Crippen molar-refractivity contribution in [3.8, 4) is 0 Å². The Morgan fingerprint density at radius 3 is 2.67 bits per heavy atom. The van der Waals surface area contributed by atoms with Gasteiger partial charge in [-0.1, -0.05) is 18.5 Å². The Hall–Kier alpha value is -1.55. The van der Waals surface area contributed by atoms with E-state index in [0.29, 0.717) is 10.7 Å². The number of benzene rings is 1. The van der Waals surface area contributed by atoms with E-state index in [1.165, 1.54) is 6.42 Å². The van der Waals surface area contributed by atoms with Crippen LogP contribution in [0.2, 0.25) is 5.02 Å². The highest BCUT2D eigenvalue weighted by atomic mass is 35.5. The summed E-state index contributed by atoms with van der Waals surface area (Å²) in [6.07, 6.45) is 4.09. The van der Waals surface area contributed by atoms with Gasteiger partial charge in [0.05, 0.1) is 0 Å². The summed E-state index contributed by atoms with van der Waals surface area (Å²) in [5.74, 6) is -0.351. The van der Waals surface area contributed by atoms with Gasteiger partial charge in [0.1, 0.15) is 6.42 Å². The molecule has 1 aromatic carbocycles. The molecule has 114 valence electrons. The first kappa shape index (κ1) is 15.8. The van der Waals surface area contributed by atoms with Gasteiger partial charge >= 0.3 is 0 Å². The van der Waals surface area contributed by atoms with Crippen LogP contribution in [0.3, 0.4) is 0 Å². The molecule has 1 heterocycles. The van der Waals surface area contributed by atoms with Crippen LogP contribution in [-0.4, -0.2) is 29.3 Å². The van der Waals surface area contributed by atoms with E-state index in [2.05, 4.69) is 12.2 Å². The molecule has 0 aromatic heterocycles. The van der Waals surface area contributed by atoms with Crippen molar-refractivity contribution in [2.75, 3.05) is 11.9 Å². The quantitative estimate of drug-likeness (QED) is 0.866. The van der Waals surface area contributed by atoms with Gasteiger partial charge in [0.2, 0.25) is 11.8 Å². The van der Waals surface area contributed by atoms with E-state index in [4.69, 9.17) is 11.6 Å². The molecule has 0 radical (unpaired) electrons. The average Bonchev–Trinajstić information content (AvgIpc) is 2.49. The molecule has 1 aliphatic rings. The molecule has 4 nitrogen and oxygen atoms in total. The third-order valence-electron chi connectivity index (χ3n) is 3.86. The maximum atomic E-state index is 12.3. The van der Waals surface area contributed by atoms with E-state index < -0.39 is 0 Å². The number of hydrogen-bond donors (Lipinski definition) is 1. The fourth-order valence-electron chi connectivity index (χ4n) is 2.73. The van der Waals surface area contributed by atoms with Crippen LogP contribution in [0.15, 0.2) is 24.3 Å². The number of piperidine rings is 1. The molecular formula is C16H21ClN2O2. The Bertz CT molecular complexity index is 502. The lowest BCUT2D eigenvalue weighted by atomic mass is 9.99. The van der Waals surface area contributed by atoms with Crippen molar-refractivity contribution < 1.29 is 9.59 Å². The number of hydrogen-bond acceptors (Lipinski definition) is 2. The molecule has 0 spiro atoms. The fraction of sp³-hybridized carbons (Fsp3) is 0.500. The third kappa shape index (κ3) is 4.46. The van der Waals surface area contributed by atoms with Gasteiger partial charge < -0.3 is 10.2 Å². The minimum absolute atomic E-state index is 0.0759. The second-order valence-corrected chi connectivity index (χ2v) is 5.81. The number of nitrogens with one attached hydrogen (secondary N) is 1. The number of anilines is 1. The summed E-state index contributed by atoms with van der Waals surface area (Å²) in [4.78, 5) is 26.1. The Morgan fingerprint density at radius 1 is 1.29 bits per heavy atom. The number of carbonyl (C=O) groups excluding carboxylic acids is 2. The standard InChI is InChI=1S/C16H21ClN2O2/c1-2-14-5-3-4-10-19(14)16(21)11-15(20)18-13-8-6-12(17)7-9-13/h6-9,14H,2-5,10-11H2,1H3,(H,18,20). The van der Waals surface area contributed by atoms with Crippen molar-refractivity contribution in [2.24, 2.45) is 0 Å². The number of halogens is 1. The Kier molecular flexibility index (Phi) is 5.62. The molecule has 0 aliphatic carbocycles. The topological polar surface area (TPSA) is 49.4 Å². The predicted molar refractivity (Wildman–Crippen MR) is 84.3 cm³/mol. The first-order chi connectivity index (χ1) is 10.1. The summed E-state index contributed by atoms with van der Waals surface area (Å²) in [5.41, 5.74) is 0.655. The van der Waals surface area contributed by atoms with Gasteiger partial charge in [-0.05, 0) is 49.9 Å². The summed E-state index contributed by atoms with van der Waals surface area (Å²) >= 11 is 5.79. The Balaban J connectivity index is 1.89. The molecule has 0 bridgehead atoms. The van der Waals surface area contributed by atoms with Crippen molar-refractivity contribution >= 4 is 29.1 Å². The van der Waals surface area contributed by atoms with Crippen LogP contribution < -0.4 is 5.32 Å². The predicted octanol–water partition coefficient (Wildman–Crippen LogP) is 3.46. The van der Waals surface area contributed by atoms with Crippen LogP contribution in [0.5, 0.6) is 0 Å². The van der Waals surface area contributed by atoms with Crippen LogP contribution in [0, 0.1) is 0 Å². The van der Waals surface area contributed by atoms with Crippen LogP contribution in [0.25, 0.3) is 0 Å². The van der Waals surface area contributed by atoms with Crippen LogP contribution in [-0.2, 0) is 9.59 Å². The second-order valence-electron chi connectivity index (χ2n) is 5.38. The van der Waals surface area contributed by atoms with Gasteiger partial charge in [-0.3, -0.25) is 9.59 Å². The fourth-order valence-corrected chi connectivity index (χ4v) is 2.86. The van der Waals surface area contributed by atoms with Gasteiger partial charge in [-0.15, -0.1) is 0 Å². The lowest BCUT2D eigenvalue weighted by Crippen LogP contribution is -2.44. The minimum atomic E-state index is -0.275. The third-order valence-corrected chi connectivity index (χ3v) is 4.11. The smallest absolute Gasteiger partial charge is 0.233 e. The zero-order valence-electron chi connectivity index (χ0n) is 12.3. The molecule has 1 N–H and O–H groups in total. The maximum Gasteiger partial charge on any atom is 0.233 e. The van der Waals surface area contributed by atoms with Gasteiger partial charge in [-0.25, -0.2) is 0 Å². The van der Waals surface area contributed by atoms with Crippen molar-refractivity contribution in [1.29, 1.82) is 0 Å². The lowest BCUT2D eigenvalue weighted by molar-refractivity contribution is -0.137. The van der Waals surface area contributed by atoms with E-state index in [1.54, 1.807) is 24.3 Å². The molecule has 1 atom stereocenters. The molecule has 0 saturated carbocycles. The molecule has 5 heteroatoms. The van der Waals surface area contributed by atoms with Crippen LogP contribution in [0.4, 0.5) is 5.69 Å². The molecule has 1 aliphatic heterocycles. The summed E-state index contributed by atoms with van der Waals surface area (Å²) in [6, 6.07) is 7.14. The SMILES string of the molecule is CCC1CCCCN1C(=O)CC(=O)Nc1ccc(Cl)cc1. The molecule has 2 amide bonds. The first-order valence-electron chi connectivity index (χ1n) is 7.45. The summed E-state index contributed by atoms with van der Waals surface area (Å²) in [7, 11) is 0. The van der Waals surface area contributed by atoms with Crippen LogP contribution in [0.1, 0.15) is 39.0 Å². The minimum Gasteiger partial charge on any atom is -0.339 e. The normalized spacial score (nSPS) is 18.4. The van der Waals surface area contributed by atoms with Gasteiger partial charge in [0.25, 0.3) is 0 Å². The zero-order chi connectivity index (χ0) is 15.2. The van der Waals surface area contributed by atoms with E-state index >= 15 is 0 Å². The number of nitrogens with zero attached hydrogens (tertiary/aromatic N) is 1. The van der Waals surface area contributed by atoms with E-state index in [-0.39, 0.29) is 24.3 Å². The summed E-state index contributed by atoms with van der Waals surface area (Å²) < 4.78 is 0. The first-order valence-corrected chi connectivity index (χ1v) is 7.83. The Morgan fingerprint density at radius 2 is 2.00 bits per heavy atom. The summed E-state index contributed by atoms with van der Waals surface area (Å²) in [6.45, 7) is 2.86. The van der Waals surface area contributed by atoms with Gasteiger partial charge in [-0.2, -0.15) is 0 Å². The van der Waals surface area contributed by atoms with E-state index in [9.17, 15) is 9.59 Å². The summed E-state index contributed by atoms with van der Waals surface area (Å²) in [5, 5.41) is 3.34. The average molecular weight is 309 g/mol. The van der Waals surface area contributed by atoms with E-state index in [1.807, 2.05) is 4.90 Å². The molecule has 2 rings (SSSR count). The van der Waals surface area contributed by atoms with Crippen molar-refractivity contribution in [1.82, 2.24) is 4.90 Å². The molecule has 1 aromatic rings. The lowest BCUT2D eigenvalue weighted by Gasteiger charge is -2.35. The number of likely N-dealkylation sites (tertiary alicyclic amines) is 1. The maximum absolute atomic E-state index is 12.3. The monoisotopic (exact) mass is 308 g/mol. The molecule has 21 heavy (non-hydrogen) atoms. The largest absolute Gasteiger partial charge is 0.339 e. The van der Waals surface area contributed by atoms with Crippen molar-refractivity contribution in [2.45, 2.75) is 45.1 Å². The van der Waals surface area contributed by atoms with Gasteiger partial charge in [0, 0.05) is 23.3 Å². The van der Waals surface area contributed by atoms with Crippen LogP contribution >= 0.6 is 11.6 Å². The molecular weight excluding hydrogens is 288 g/mol. The van der Waals surface area contributed by atoms with E-state index in [0.717, 1.165) is 25.8 Å². The molecule has 1 unspecified atom stereocenters. The van der Waals surface area contributed by atoms with Crippen molar-refractivity contribution in [3.05, 3.63) is 29.3 Å². The molecule has 1 fully saturated rings. The zero-order valence-corrected chi connectivity index (χ0v) is 13.0. The second kappa shape index (κ2) is 7.46. The van der Waals surface area contributed by atoms with Crippen molar-refractivity contribution in [3.63, 3.8) is 0 Å². The number of amides is 2. The highest BCUT2D eigenvalue weighted by Gasteiger charge is 2.26. The number of carbonyl (C=O) groups is 2. The van der Waals surface area contributed by atoms with Gasteiger partial charge in [0.15, 0.2) is 0 Å². The highest BCUT2D eigenvalue weighted by molar-refractivity contribution is 6.30.